The zero-order chi connectivity index (χ0) is 49.8. The number of nitrogens with one attached hydrogen (secondary N) is 3. The molecule has 3 N–H and O–H groups in total. The number of nitro benzene ring substituents is 1. The van der Waals surface area contributed by atoms with Crippen LogP contribution < -0.4 is 19.7 Å². The number of sulfonamides is 1. The normalized spacial score (nSPS) is 18.0. The lowest BCUT2D eigenvalue weighted by molar-refractivity contribution is -0.384. The van der Waals surface area contributed by atoms with Gasteiger partial charge in [0.1, 0.15) is 22.8 Å². The molecule has 4 heterocycles. The zero-order valence-corrected chi connectivity index (χ0v) is 42.0. The molecule has 5 aromatic rings. The first-order valence-corrected chi connectivity index (χ1v) is 27.0. The number of halogens is 1. The third-order valence-corrected chi connectivity index (χ3v) is 16.6. The summed E-state index contributed by atoms with van der Waals surface area (Å²) < 4.78 is 57.7. The Bertz CT molecular complexity index is 3040. The molecule has 18 nitrogen and oxygen atoms in total. The molecule has 0 spiro atoms. The van der Waals surface area contributed by atoms with E-state index in [-0.39, 0.29) is 46.6 Å². The molecule has 0 unspecified atom stereocenters. The number of rotatable bonds is 15. The van der Waals surface area contributed by atoms with Crippen molar-refractivity contribution in [2.75, 3.05) is 80.7 Å². The molecule has 2 saturated heterocycles. The van der Waals surface area contributed by atoms with E-state index in [2.05, 4.69) is 60.1 Å². The minimum atomic E-state index is -4.65. The van der Waals surface area contributed by atoms with E-state index in [9.17, 15) is 32.3 Å². The smallest absolute Gasteiger partial charge is 0.441 e. The topological polar surface area (TPSA) is 222 Å². The zero-order valence-electron chi connectivity index (χ0n) is 39.6. The van der Waals surface area contributed by atoms with Crippen molar-refractivity contribution in [1.82, 2.24) is 24.5 Å². The number of nitrogens with zero attached hydrogens (tertiary/aromatic N) is 6. The van der Waals surface area contributed by atoms with Crippen molar-refractivity contribution in [3.8, 4) is 11.5 Å². The van der Waals surface area contributed by atoms with Crippen molar-refractivity contribution < 1.29 is 36.6 Å². The van der Waals surface area contributed by atoms with Gasteiger partial charge in [0.15, 0.2) is 0 Å². The Hall–Kier alpha value is -6.06. The molecule has 21 heteroatoms. The molecule has 372 valence electrons. The number of aromatic nitrogens is 2. The summed E-state index contributed by atoms with van der Waals surface area (Å²) in [4.78, 5) is 51.1. The maximum atomic E-state index is 14.0. The van der Waals surface area contributed by atoms with Gasteiger partial charge in [-0.05, 0) is 98.2 Å². The highest BCUT2D eigenvalue weighted by Crippen LogP contribution is 2.43. The van der Waals surface area contributed by atoms with E-state index in [0.717, 1.165) is 56.0 Å². The van der Waals surface area contributed by atoms with Crippen LogP contribution in [0.2, 0.25) is 5.02 Å². The summed E-state index contributed by atoms with van der Waals surface area (Å²) in [6.45, 7) is 13.2. The summed E-state index contributed by atoms with van der Waals surface area (Å²) in [6.07, 6.45) is 5.55. The van der Waals surface area contributed by atoms with Crippen molar-refractivity contribution in [2.45, 2.75) is 57.9 Å². The molecule has 0 radical (unpaired) electrons. The van der Waals surface area contributed by atoms with Crippen molar-refractivity contribution in [3.63, 3.8) is 0 Å². The van der Waals surface area contributed by atoms with E-state index in [4.69, 9.17) is 21.1 Å². The van der Waals surface area contributed by atoms with Crippen LogP contribution in [-0.4, -0.2) is 126 Å². The highest BCUT2D eigenvalue weighted by atomic mass is 35.5. The van der Waals surface area contributed by atoms with E-state index >= 15 is 0 Å². The quantitative estimate of drug-likeness (QED) is 0.0661. The number of H-pyrrole nitrogens is 1. The van der Waals surface area contributed by atoms with Crippen LogP contribution >= 0.6 is 11.6 Å². The second kappa shape index (κ2) is 21.1. The first kappa shape index (κ1) is 50.3. The van der Waals surface area contributed by atoms with Crippen LogP contribution in [0.3, 0.4) is 0 Å². The van der Waals surface area contributed by atoms with Gasteiger partial charge in [0.2, 0.25) is 0 Å². The maximum Gasteiger partial charge on any atom is 0.441 e. The van der Waals surface area contributed by atoms with Gasteiger partial charge >= 0.3 is 6.09 Å². The van der Waals surface area contributed by atoms with Crippen molar-refractivity contribution >= 4 is 77.0 Å². The second-order valence-corrected chi connectivity index (χ2v) is 23.4. The average molecular weight is 1020 g/mol. The number of nitro groups is 1. The number of pyridine rings is 1. The number of fused-ring (bicyclic) bond motifs is 1. The second-order valence-electron chi connectivity index (χ2n) is 18.7. The minimum Gasteiger partial charge on any atom is -0.455 e. The van der Waals surface area contributed by atoms with E-state index in [1.165, 1.54) is 41.1 Å². The van der Waals surface area contributed by atoms with Gasteiger partial charge in [0.25, 0.3) is 21.6 Å². The molecule has 3 aliphatic rings. The molecule has 2 aliphatic heterocycles. The Labute approximate surface area is 413 Å². The highest BCUT2D eigenvalue weighted by molar-refractivity contribution is 7.94. The Morgan fingerprint density at radius 1 is 1.00 bits per heavy atom. The molecule has 3 aromatic carbocycles. The molecule has 2 fully saturated rings. The lowest BCUT2D eigenvalue weighted by atomic mass is 9.72. The predicted molar refractivity (Wildman–Crippen MR) is 272 cm³/mol. The number of hydrogen-bond donors (Lipinski definition) is 3. The number of amides is 2. The van der Waals surface area contributed by atoms with Crippen molar-refractivity contribution in [1.29, 1.82) is 0 Å². The molecule has 0 saturated carbocycles. The van der Waals surface area contributed by atoms with Crippen LogP contribution in [0.4, 0.5) is 21.9 Å². The molecular formula is C49H58ClN9O9S2. The molecule has 2 amide bonds. The number of carbonyl (C=O) groups excluding carboxylic acids is 2. The largest absolute Gasteiger partial charge is 0.455 e. The van der Waals surface area contributed by atoms with Crippen molar-refractivity contribution in [2.24, 2.45) is 9.78 Å². The molecular weight excluding hydrogens is 958 g/mol. The predicted octanol–water partition coefficient (Wildman–Crippen LogP) is 8.56. The first-order chi connectivity index (χ1) is 33.4. The number of ether oxygens (including phenoxy) is 2. The summed E-state index contributed by atoms with van der Waals surface area (Å²) in [7, 11) is -7.41. The van der Waals surface area contributed by atoms with Gasteiger partial charge in [-0.25, -0.2) is 27.1 Å². The SMILES string of the molecule is CCOC(=O)N=S1(=O)CCN(C[C@H](C)Nc2ccc(S(=O)(=O)NC(=O)c3ccc(N4CCN(CC5=C(c6ccc(Cl)cc6)CC(C)(C)CC5)CC4)cc3Oc3cnc4[nH]ccc4c3)cc2[N+](=O)[O-])CC1. The summed E-state index contributed by atoms with van der Waals surface area (Å²) in [6, 6.07) is 19.7. The highest BCUT2D eigenvalue weighted by Gasteiger charge is 2.31. The number of aromatic amines is 1. The molecule has 70 heavy (non-hydrogen) atoms. The van der Waals surface area contributed by atoms with Crippen molar-refractivity contribution in [3.05, 3.63) is 117 Å². The number of hydrogen-bond acceptors (Lipinski definition) is 14. The van der Waals surface area contributed by atoms with E-state index < -0.39 is 47.3 Å². The minimum absolute atomic E-state index is 0.0683. The Morgan fingerprint density at radius 3 is 2.46 bits per heavy atom. The number of benzene rings is 3. The monoisotopic (exact) mass is 1020 g/mol. The lowest BCUT2D eigenvalue weighted by Gasteiger charge is -2.39. The van der Waals surface area contributed by atoms with Gasteiger partial charge in [0, 0.05) is 104 Å². The van der Waals surface area contributed by atoms with Gasteiger partial charge in [0.05, 0.1) is 37.9 Å². The lowest BCUT2D eigenvalue weighted by Crippen LogP contribution is -2.47. The number of piperazine rings is 1. The Morgan fingerprint density at radius 2 is 1.74 bits per heavy atom. The third-order valence-electron chi connectivity index (χ3n) is 12.9. The van der Waals surface area contributed by atoms with Gasteiger partial charge in [-0.1, -0.05) is 43.2 Å². The molecule has 1 aliphatic carbocycles. The average Bonchev–Trinajstić information content (AvgIpc) is 3.79. The fourth-order valence-electron chi connectivity index (χ4n) is 9.18. The summed E-state index contributed by atoms with van der Waals surface area (Å²) in [5.74, 6) is -0.252. The van der Waals surface area contributed by atoms with Crippen LogP contribution in [0.25, 0.3) is 16.6 Å². The number of anilines is 2. The van der Waals surface area contributed by atoms with E-state index in [1.807, 2.05) is 23.1 Å². The molecule has 8 rings (SSSR count). The number of allylic oxidation sites excluding steroid dienone is 1. The summed E-state index contributed by atoms with van der Waals surface area (Å²) in [5, 5.41) is 16.9. The van der Waals surface area contributed by atoms with E-state index in [1.54, 1.807) is 38.2 Å². The summed E-state index contributed by atoms with van der Waals surface area (Å²) >= 11 is 6.25. The van der Waals surface area contributed by atoms with Gasteiger partial charge in [-0.3, -0.25) is 24.7 Å². The van der Waals surface area contributed by atoms with Crippen LogP contribution in [0.1, 0.15) is 62.9 Å². The van der Waals surface area contributed by atoms with Gasteiger partial charge in [-0.2, -0.15) is 0 Å². The molecule has 2 aromatic heterocycles. The fraction of sp³-hybridized carbons (Fsp3) is 0.408. The van der Waals surface area contributed by atoms with Crippen LogP contribution in [-0.2, 0) is 24.5 Å². The summed E-state index contributed by atoms with van der Waals surface area (Å²) in [5.41, 5.74) is 5.16. The Kier molecular flexibility index (Phi) is 15.2. The molecule has 0 bridgehead atoms. The third kappa shape index (κ3) is 12.3. The first-order valence-electron chi connectivity index (χ1n) is 23.3. The standard InChI is InChI=1S/C49H58ClN9O9S2/c1-5-67-48(61)55-69(64)24-22-57(23-25-69)31-33(2)53-43-13-11-40(28-44(43)59(62)63)70(65,66)54-47(60)41-12-10-38(27-45(41)68-39-26-35-15-17-51-46(35)52-30-39)58-20-18-56(19-21-58)32-36-14-16-49(3,4)29-42(36)34-6-8-37(50)9-7-34/h6-13,15,17,26-28,30,33,53H,5,14,16,18-25,29,31-32H2,1-4H3,(H,51,52)(H,54,60)/t33-/m0/s1. The van der Waals surface area contributed by atoms with Crippen LogP contribution in [0.5, 0.6) is 11.5 Å². The van der Waals surface area contributed by atoms with Gasteiger partial charge < -0.3 is 24.7 Å². The van der Waals surface area contributed by atoms with Crippen LogP contribution in [0.15, 0.2) is 100 Å². The van der Waals surface area contributed by atoms with Gasteiger partial charge in [-0.15, -0.1) is 4.36 Å². The fourth-order valence-corrected chi connectivity index (χ4v) is 12.1. The van der Waals surface area contributed by atoms with Crippen LogP contribution in [0, 0.1) is 15.5 Å². The Balaban J connectivity index is 0.963. The van der Waals surface area contributed by atoms with E-state index in [0.29, 0.717) is 49.1 Å². The number of carbonyl (C=O) groups is 2. The maximum absolute atomic E-state index is 14.0. The molecule has 1 atom stereocenters.